The zero-order valence-electron chi connectivity index (χ0n) is 13.5. The van der Waals surface area contributed by atoms with E-state index in [1.807, 2.05) is 5.32 Å². The SMILES string of the molecule is CN(c1c(F)cccc1-c1ccc(CNC(=O)O)c(F)c1)S(C)(=O)=O. The molecule has 9 heteroatoms. The van der Waals surface area contributed by atoms with Crippen LogP contribution in [-0.2, 0) is 16.6 Å². The molecule has 0 heterocycles. The number of benzene rings is 2. The lowest BCUT2D eigenvalue weighted by atomic mass is 10.0. The van der Waals surface area contributed by atoms with Gasteiger partial charge in [-0.3, -0.25) is 4.31 Å². The summed E-state index contributed by atoms with van der Waals surface area (Å²) in [5, 5.41) is 10.6. The lowest BCUT2D eigenvalue weighted by Crippen LogP contribution is -2.26. The van der Waals surface area contributed by atoms with Crippen molar-refractivity contribution in [3.63, 3.8) is 0 Å². The van der Waals surface area contributed by atoms with Crippen LogP contribution in [0.25, 0.3) is 11.1 Å². The van der Waals surface area contributed by atoms with E-state index < -0.39 is 27.8 Å². The van der Waals surface area contributed by atoms with Crippen LogP contribution < -0.4 is 9.62 Å². The predicted octanol–water partition coefficient (Wildman–Crippen LogP) is 2.80. The number of nitrogens with zero attached hydrogens (tertiary/aromatic N) is 1. The number of halogens is 2. The van der Waals surface area contributed by atoms with Crippen molar-refractivity contribution in [2.24, 2.45) is 0 Å². The first kappa shape index (κ1) is 18.7. The number of hydrogen-bond donors (Lipinski definition) is 2. The topological polar surface area (TPSA) is 86.7 Å². The number of rotatable bonds is 5. The molecule has 0 aliphatic rings. The number of carbonyl (C=O) groups is 1. The molecule has 25 heavy (non-hydrogen) atoms. The van der Waals surface area contributed by atoms with E-state index in [4.69, 9.17) is 5.11 Å². The van der Waals surface area contributed by atoms with Gasteiger partial charge in [-0.05, 0) is 17.7 Å². The van der Waals surface area contributed by atoms with Gasteiger partial charge in [0.15, 0.2) is 0 Å². The highest BCUT2D eigenvalue weighted by Gasteiger charge is 2.21. The monoisotopic (exact) mass is 370 g/mol. The number of amides is 1. The fourth-order valence-electron chi connectivity index (χ4n) is 2.26. The Bertz CT molecular complexity index is 916. The summed E-state index contributed by atoms with van der Waals surface area (Å²) in [6, 6.07) is 7.91. The second kappa shape index (κ2) is 7.06. The van der Waals surface area contributed by atoms with Crippen molar-refractivity contribution in [2.45, 2.75) is 6.54 Å². The van der Waals surface area contributed by atoms with Gasteiger partial charge in [-0.1, -0.05) is 24.3 Å². The Labute approximate surface area is 143 Å². The van der Waals surface area contributed by atoms with Gasteiger partial charge >= 0.3 is 6.09 Å². The highest BCUT2D eigenvalue weighted by Crippen LogP contribution is 2.34. The molecule has 2 rings (SSSR count). The van der Waals surface area contributed by atoms with Crippen LogP contribution in [0.4, 0.5) is 19.3 Å². The Balaban J connectivity index is 2.51. The van der Waals surface area contributed by atoms with Crippen molar-refractivity contribution in [3.8, 4) is 11.1 Å². The number of sulfonamides is 1. The first-order valence-corrected chi connectivity index (χ1v) is 8.94. The maximum Gasteiger partial charge on any atom is 0.404 e. The minimum Gasteiger partial charge on any atom is -0.465 e. The number of hydrogen-bond acceptors (Lipinski definition) is 3. The second-order valence-electron chi connectivity index (χ2n) is 5.33. The molecule has 2 N–H and O–H groups in total. The number of carboxylic acid groups (broad SMARTS) is 1. The zero-order valence-corrected chi connectivity index (χ0v) is 14.3. The molecule has 0 atom stereocenters. The lowest BCUT2D eigenvalue weighted by molar-refractivity contribution is 0.194. The molecule has 134 valence electrons. The van der Waals surface area contributed by atoms with E-state index in [-0.39, 0.29) is 28.9 Å². The van der Waals surface area contributed by atoms with Crippen molar-refractivity contribution < 1.29 is 27.1 Å². The molecule has 2 aromatic carbocycles. The van der Waals surface area contributed by atoms with Gasteiger partial charge in [0, 0.05) is 24.7 Å². The van der Waals surface area contributed by atoms with Crippen LogP contribution in [0.2, 0.25) is 0 Å². The molecule has 0 aliphatic carbocycles. The summed E-state index contributed by atoms with van der Waals surface area (Å²) >= 11 is 0. The lowest BCUT2D eigenvalue weighted by Gasteiger charge is -2.21. The summed E-state index contributed by atoms with van der Waals surface area (Å²) in [5.41, 5.74) is 0.382. The number of anilines is 1. The van der Waals surface area contributed by atoms with Gasteiger partial charge in [0.05, 0.1) is 11.9 Å². The van der Waals surface area contributed by atoms with Gasteiger partial charge in [0.2, 0.25) is 10.0 Å². The first-order valence-electron chi connectivity index (χ1n) is 7.09. The fraction of sp³-hybridized carbons (Fsp3) is 0.188. The number of para-hydroxylation sites is 1. The van der Waals surface area contributed by atoms with Crippen molar-refractivity contribution in [2.75, 3.05) is 17.6 Å². The molecule has 0 saturated heterocycles. The molecule has 0 aliphatic heterocycles. The molecule has 0 spiro atoms. The third-order valence-electron chi connectivity index (χ3n) is 3.59. The largest absolute Gasteiger partial charge is 0.465 e. The van der Waals surface area contributed by atoms with Crippen LogP contribution in [0, 0.1) is 11.6 Å². The zero-order chi connectivity index (χ0) is 18.8. The molecule has 0 unspecified atom stereocenters. The smallest absolute Gasteiger partial charge is 0.404 e. The second-order valence-corrected chi connectivity index (χ2v) is 7.35. The standard InChI is InChI=1S/C16H16F2N2O4S/c1-20(25(2,23)24)15-12(4-3-5-13(15)17)10-6-7-11(14(18)8-10)9-19-16(21)22/h3-8,19H,9H2,1-2H3,(H,21,22). The summed E-state index contributed by atoms with van der Waals surface area (Å²) < 4.78 is 52.7. The van der Waals surface area contributed by atoms with Crippen LogP contribution in [0.3, 0.4) is 0 Å². The average Bonchev–Trinajstić information content (AvgIpc) is 2.51. The van der Waals surface area contributed by atoms with Crippen molar-refractivity contribution in [1.29, 1.82) is 0 Å². The van der Waals surface area contributed by atoms with E-state index >= 15 is 0 Å². The van der Waals surface area contributed by atoms with E-state index in [9.17, 15) is 22.0 Å². The molecule has 2 aromatic rings. The summed E-state index contributed by atoms with van der Waals surface area (Å²) in [4.78, 5) is 10.5. The van der Waals surface area contributed by atoms with Crippen LogP contribution >= 0.6 is 0 Å². The summed E-state index contributed by atoms with van der Waals surface area (Å²) in [7, 11) is -2.51. The Morgan fingerprint density at radius 2 is 1.88 bits per heavy atom. The highest BCUT2D eigenvalue weighted by atomic mass is 32.2. The molecule has 0 saturated carbocycles. The average molecular weight is 370 g/mol. The molecule has 1 amide bonds. The Morgan fingerprint density at radius 1 is 1.20 bits per heavy atom. The van der Waals surface area contributed by atoms with Gasteiger partial charge in [-0.15, -0.1) is 0 Å². The highest BCUT2D eigenvalue weighted by molar-refractivity contribution is 7.92. The molecule has 0 fully saturated rings. The first-order chi connectivity index (χ1) is 11.6. The van der Waals surface area contributed by atoms with Gasteiger partial charge in [-0.2, -0.15) is 0 Å². The molecular formula is C16H16F2N2O4S. The molecule has 0 radical (unpaired) electrons. The third kappa shape index (κ3) is 4.24. The molecule has 0 aromatic heterocycles. The Kier molecular flexibility index (Phi) is 5.27. The fourth-order valence-corrected chi connectivity index (χ4v) is 2.78. The summed E-state index contributed by atoms with van der Waals surface area (Å²) in [6.45, 7) is -0.222. The number of nitrogens with one attached hydrogen (secondary N) is 1. The van der Waals surface area contributed by atoms with E-state index in [1.165, 1.54) is 31.3 Å². The van der Waals surface area contributed by atoms with E-state index in [1.54, 1.807) is 0 Å². The quantitative estimate of drug-likeness (QED) is 0.847. The molecule has 6 nitrogen and oxygen atoms in total. The van der Waals surface area contributed by atoms with Crippen molar-refractivity contribution >= 4 is 21.8 Å². The van der Waals surface area contributed by atoms with Gasteiger partial charge in [-0.25, -0.2) is 22.0 Å². The van der Waals surface area contributed by atoms with Crippen LogP contribution in [0.1, 0.15) is 5.56 Å². The maximum atomic E-state index is 14.2. The van der Waals surface area contributed by atoms with Crippen molar-refractivity contribution in [1.82, 2.24) is 5.32 Å². The van der Waals surface area contributed by atoms with Gasteiger partial charge < -0.3 is 10.4 Å². The third-order valence-corrected chi connectivity index (χ3v) is 4.77. The van der Waals surface area contributed by atoms with Crippen LogP contribution in [0.5, 0.6) is 0 Å². The Hall–Kier alpha value is -2.68. The van der Waals surface area contributed by atoms with E-state index in [2.05, 4.69) is 0 Å². The molecular weight excluding hydrogens is 354 g/mol. The Morgan fingerprint density at radius 3 is 2.44 bits per heavy atom. The van der Waals surface area contributed by atoms with Gasteiger partial charge in [0.25, 0.3) is 0 Å². The summed E-state index contributed by atoms with van der Waals surface area (Å²) in [6.07, 6.45) is -0.351. The minimum absolute atomic E-state index is 0.112. The van der Waals surface area contributed by atoms with Crippen molar-refractivity contribution in [3.05, 3.63) is 53.6 Å². The van der Waals surface area contributed by atoms with Crippen LogP contribution in [-0.4, -0.2) is 32.9 Å². The normalized spacial score (nSPS) is 11.2. The summed E-state index contributed by atoms with van der Waals surface area (Å²) in [5.74, 6) is -1.45. The van der Waals surface area contributed by atoms with Gasteiger partial charge in [0.1, 0.15) is 11.6 Å². The van der Waals surface area contributed by atoms with E-state index in [0.29, 0.717) is 0 Å². The maximum absolute atomic E-state index is 14.2. The predicted molar refractivity (Wildman–Crippen MR) is 89.9 cm³/mol. The minimum atomic E-state index is -3.72. The molecule has 0 bridgehead atoms. The van der Waals surface area contributed by atoms with Crippen LogP contribution in [0.15, 0.2) is 36.4 Å². The van der Waals surface area contributed by atoms with E-state index in [0.717, 1.165) is 22.7 Å².